The molecule has 1 aliphatic heterocycles. The lowest BCUT2D eigenvalue weighted by atomic mass is 9.77. The van der Waals surface area contributed by atoms with Crippen LogP contribution in [0.15, 0.2) is 0 Å². The zero-order valence-electron chi connectivity index (χ0n) is 13.2. The lowest BCUT2D eigenvalue weighted by Crippen LogP contribution is -2.52. The predicted molar refractivity (Wildman–Crippen MR) is 80.8 cm³/mol. The van der Waals surface area contributed by atoms with Gasteiger partial charge in [-0.1, -0.05) is 40.5 Å². The average Bonchev–Trinajstić information content (AvgIpc) is 2.36. The summed E-state index contributed by atoms with van der Waals surface area (Å²) in [5.41, 5.74) is 5.70. The highest BCUT2D eigenvalue weighted by atomic mass is 16.2. The number of carbonyl (C=O) groups is 1. The Morgan fingerprint density at radius 1 is 1.16 bits per heavy atom. The molecule has 2 unspecified atom stereocenters. The Morgan fingerprint density at radius 2 is 1.63 bits per heavy atom. The first-order valence-electron chi connectivity index (χ1n) is 7.98. The van der Waals surface area contributed by atoms with E-state index in [1.807, 2.05) is 0 Å². The highest BCUT2D eigenvalue weighted by molar-refractivity contribution is 5.83. The second-order valence-corrected chi connectivity index (χ2v) is 6.64. The summed E-state index contributed by atoms with van der Waals surface area (Å²) in [5, 5.41) is 0. The Labute approximate surface area is 118 Å². The van der Waals surface area contributed by atoms with Gasteiger partial charge in [0, 0.05) is 19.6 Å². The third kappa shape index (κ3) is 3.95. The molecule has 0 aromatic carbocycles. The Balaban J connectivity index is 2.85. The summed E-state index contributed by atoms with van der Waals surface area (Å²) in [4.78, 5) is 15.1. The van der Waals surface area contributed by atoms with Crippen LogP contribution in [-0.2, 0) is 4.79 Å². The number of piperidine rings is 1. The zero-order valence-corrected chi connectivity index (χ0v) is 13.2. The maximum absolute atomic E-state index is 13.0. The third-order valence-electron chi connectivity index (χ3n) is 4.46. The summed E-state index contributed by atoms with van der Waals surface area (Å²) in [6.45, 7) is 11.1. The van der Waals surface area contributed by atoms with Gasteiger partial charge in [-0.15, -0.1) is 0 Å². The molecule has 3 nitrogen and oxygen atoms in total. The highest BCUT2D eigenvalue weighted by Crippen LogP contribution is 2.33. The Hall–Kier alpha value is -0.570. The van der Waals surface area contributed by atoms with E-state index >= 15 is 0 Å². The number of rotatable bonds is 6. The van der Waals surface area contributed by atoms with E-state index < -0.39 is 0 Å². The lowest BCUT2D eigenvalue weighted by Gasteiger charge is -2.41. The fourth-order valence-electron chi connectivity index (χ4n) is 3.75. The summed E-state index contributed by atoms with van der Waals surface area (Å²) < 4.78 is 0. The van der Waals surface area contributed by atoms with Crippen molar-refractivity contribution in [1.82, 2.24) is 4.90 Å². The van der Waals surface area contributed by atoms with E-state index in [1.54, 1.807) is 0 Å². The molecule has 3 heteroatoms. The molecule has 2 atom stereocenters. The first-order valence-corrected chi connectivity index (χ1v) is 7.98. The minimum Gasteiger partial charge on any atom is -0.342 e. The van der Waals surface area contributed by atoms with Gasteiger partial charge in [-0.05, 0) is 31.1 Å². The van der Waals surface area contributed by atoms with Crippen LogP contribution in [0.3, 0.4) is 0 Å². The van der Waals surface area contributed by atoms with Gasteiger partial charge >= 0.3 is 0 Å². The van der Waals surface area contributed by atoms with Crippen molar-refractivity contribution in [3.8, 4) is 0 Å². The van der Waals surface area contributed by atoms with Crippen LogP contribution < -0.4 is 5.73 Å². The smallest absolute Gasteiger partial charge is 0.230 e. The maximum atomic E-state index is 13.0. The predicted octanol–water partition coefficient (Wildman–Crippen LogP) is 3.04. The number of amides is 1. The third-order valence-corrected chi connectivity index (χ3v) is 4.46. The number of nitrogens with zero attached hydrogens (tertiary/aromatic N) is 1. The van der Waals surface area contributed by atoms with E-state index in [2.05, 4.69) is 32.6 Å². The molecule has 0 spiro atoms. The Kier molecular flexibility index (Phi) is 6.31. The first-order chi connectivity index (χ1) is 8.99. The van der Waals surface area contributed by atoms with Crippen molar-refractivity contribution in [2.75, 3.05) is 19.6 Å². The maximum Gasteiger partial charge on any atom is 0.230 e. The van der Waals surface area contributed by atoms with Gasteiger partial charge < -0.3 is 10.6 Å². The molecule has 1 heterocycles. The molecule has 0 saturated carbocycles. The molecule has 0 aliphatic carbocycles. The van der Waals surface area contributed by atoms with Crippen LogP contribution in [0.1, 0.15) is 59.8 Å². The molecule has 1 rings (SSSR count). The molecule has 0 radical (unpaired) electrons. The summed E-state index contributed by atoms with van der Waals surface area (Å²) >= 11 is 0. The van der Waals surface area contributed by atoms with E-state index in [-0.39, 0.29) is 5.41 Å². The average molecular weight is 268 g/mol. The van der Waals surface area contributed by atoms with Crippen LogP contribution in [0.5, 0.6) is 0 Å². The van der Waals surface area contributed by atoms with Crippen molar-refractivity contribution >= 4 is 5.91 Å². The number of hydrogen-bond donors (Lipinski definition) is 1. The second-order valence-electron chi connectivity index (χ2n) is 6.64. The Morgan fingerprint density at radius 3 is 2.00 bits per heavy atom. The van der Waals surface area contributed by atoms with Crippen LogP contribution in [0.4, 0.5) is 0 Å². The highest BCUT2D eigenvalue weighted by Gasteiger charge is 2.40. The summed E-state index contributed by atoms with van der Waals surface area (Å²) in [7, 11) is 0. The second kappa shape index (κ2) is 7.28. The van der Waals surface area contributed by atoms with Crippen molar-refractivity contribution in [2.45, 2.75) is 59.8 Å². The van der Waals surface area contributed by atoms with E-state index in [4.69, 9.17) is 5.73 Å². The minimum absolute atomic E-state index is 0.305. The van der Waals surface area contributed by atoms with Crippen LogP contribution >= 0.6 is 0 Å². The van der Waals surface area contributed by atoms with Gasteiger partial charge in [-0.25, -0.2) is 0 Å². The normalized spacial score (nSPS) is 24.6. The number of carbonyl (C=O) groups excluding carboxylic acids is 1. The fourth-order valence-corrected chi connectivity index (χ4v) is 3.75. The molecule has 0 bridgehead atoms. The number of likely N-dealkylation sites (tertiary alicyclic amines) is 1. The van der Waals surface area contributed by atoms with Crippen molar-refractivity contribution in [3.05, 3.63) is 0 Å². The van der Waals surface area contributed by atoms with E-state index in [0.717, 1.165) is 38.8 Å². The van der Waals surface area contributed by atoms with Crippen molar-refractivity contribution in [1.29, 1.82) is 0 Å². The molecular weight excluding hydrogens is 236 g/mol. The van der Waals surface area contributed by atoms with Crippen molar-refractivity contribution in [3.63, 3.8) is 0 Å². The van der Waals surface area contributed by atoms with Gasteiger partial charge in [0.25, 0.3) is 0 Å². The topological polar surface area (TPSA) is 46.3 Å². The zero-order chi connectivity index (χ0) is 14.5. The molecule has 112 valence electrons. The quantitative estimate of drug-likeness (QED) is 0.805. The van der Waals surface area contributed by atoms with Gasteiger partial charge in [0.1, 0.15) is 0 Å². The van der Waals surface area contributed by atoms with Gasteiger partial charge in [-0.3, -0.25) is 4.79 Å². The standard InChI is InChI=1S/C16H32N2O/c1-5-7-16(12-17,8-6-2)15(19)18-10-13(3)9-14(4)11-18/h13-14H,5-12,17H2,1-4H3. The van der Waals surface area contributed by atoms with E-state index in [9.17, 15) is 4.79 Å². The summed E-state index contributed by atoms with van der Waals surface area (Å²) in [6, 6.07) is 0. The van der Waals surface area contributed by atoms with Crippen LogP contribution in [0, 0.1) is 17.3 Å². The molecule has 0 aromatic rings. The Bertz CT molecular complexity index is 274. The van der Waals surface area contributed by atoms with Gasteiger partial charge in [0.2, 0.25) is 5.91 Å². The molecule has 1 fully saturated rings. The molecule has 1 amide bonds. The van der Waals surface area contributed by atoms with Gasteiger partial charge in [0.05, 0.1) is 5.41 Å². The van der Waals surface area contributed by atoms with Crippen LogP contribution in [0.25, 0.3) is 0 Å². The number of nitrogens with two attached hydrogens (primary N) is 1. The van der Waals surface area contributed by atoms with E-state index in [0.29, 0.717) is 24.3 Å². The van der Waals surface area contributed by atoms with Crippen LogP contribution in [0.2, 0.25) is 0 Å². The monoisotopic (exact) mass is 268 g/mol. The fraction of sp³-hybridized carbons (Fsp3) is 0.938. The molecular formula is C16H32N2O. The summed E-state index contributed by atoms with van der Waals surface area (Å²) in [6.07, 6.45) is 5.15. The van der Waals surface area contributed by atoms with Crippen LogP contribution in [-0.4, -0.2) is 30.4 Å². The molecule has 1 saturated heterocycles. The molecule has 0 aromatic heterocycles. The van der Waals surface area contributed by atoms with E-state index in [1.165, 1.54) is 6.42 Å². The summed E-state index contributed by atoms with van der Waals surface area (Å²) in [5.74, 6) is 1.55. The minimum atomic E-state index is -0.305. The lowest BCUT2D eigenvalue weighted by molar-refractivity contribution is -0.145. The number of hydrogen-bond acceptors (Lipinski definition) is 2. The molecule has 19 heavy (non-hydrogen) atoms. The van der Waals surface area contributed by atoms with Crippen molar-refractivity contribution in [2.24, 2.45) is 23.0 Å². The largest absolute Gasteiger partial charge is 0.342 e. The SMILES string of the molecule is CCCC(CN)(CCC)C(=O)N1CC(C)CC(C)C1. The first kappa shape index (κ1) is 16.5. The van der Waals surface area contributed by atoms with Crippen molar-refractivity contribution < 1.29 is 4.79 Å². The van der Waals surface area contributed by atoms with Gasteiger partial charge in [-0.2, -0.15) is 0 Å². The molecule has 2 N–H and O–H groups in total. The molecule has 1 aliphatic rings. The van der Waals surface area contributed by atoms with Gasteiger partial charge in [0.15, 0.2) is 0 Å².